The number of hydrogen-bond acceptors (Lipinski definition) is 31. The molecule has 0 spiro atoms. The van der Waals surface area contributed by atoms with Crippen LogP contribution in [0, 0.1) is 23.7 Å². The van der Waals surface area contributed by atoms with Crippen LogP contribution in [0.5, 0.6) is 23.0 Å². The molecule has 4 saturated heterocycles. The molecule has 4 atom stereocenters. The van der Waals surface area contributed by atoms with Gasteiger partial charge in [0.1, 0.15) is 64.5 Å². The van der Waals surface area contributed by atoms with Crippen molar-refractivity contribution >= 4 is 110 Å². The van der Waals surface area contributed by atoms with Gasteiger partial charge in [0, 0.05) is 115 Å². The Labute approximate surface area is 856 Å². The highest BCUT2D eigenvalue weighted by Crippen LogP contribution is 2.46. The van der Waals surface area contributed by atoms with E-state index >= 15 is 0 Å². The Morgan fingerprint density at radius 3 is 1.37 bits per heavy atom. The van der Waals surface area contributed by atoms with E-state index in [1.807, 2.05) is 140 Å². The third-order valence-electron chi connectivity index (χ3n) is 25.2. The second kappa shape index (κ2) is 43.5. The van der Waals surface area contributed by atoms with Crippen molar-refractivity contribution in [2.45, 2.75) is 177 Å². The predicted molar refractivity (Wildman–Crippen MR) is 557 cm³/mol. The number of nitrogens with one attached hydrogen (secondary N) is 7. The van der Waals surface area contributed by atoms with E-state index in [0.717, 1.165) is 72.9 Å². The van der Waals surface area contributed by atoms with Crippen LogP contribution in [0.4, 0.5) is 59.5 Å². The molecule has 0 radical (unpaired) electrons. The first-order chi connectivity index (χ1) is 69.6. The number of nitrogen functional groups attached to an aromatic ring is 1. The monoisotopic (exact) mass is 2110 g/mol. The van der Waals surface area contributed by atoms with E-state index in [4.69, 9.17) is 29.9 Å². The van der Waals surface area contributed by atoms with E-state index in [0.29, 0.717) is 103 Å². The summed E-state index contributed by atoms with van der Waals surface area (Å²) in [6.07, 6.45) is 4.11. The number of halogens is 3. The molecule has 4 aromatic carbocycles. The Kier molecular flexibility index (Phi) is 32.0. The Morgan fingerprint density at radius 1 is 0.459 bits per heavy atom. The van der Waals surface area contributed by atoms with Crippen LogP contribution in [0.15, 0.2) is 248 Å². The normalized spacial score (nSPS) is 17.5. The molecule has 37 nitrogen and oxygen atoms in total. The molecule has 1 unspecified atom stereocenters. The van der Waals surface area contributed by atoms with Crippen LogP contribution >= 0.6 is 0 Å². The lowest BCUT2D eigenvalue weighted by molar-refractivity contribution is -0.274. The average molecular weight is 2110 g/mol. The summed E-state index contributed by atoms with van der Waals surface area (Å²) in [7, 11) is -13.6. The fraction of sp³-hybridized carbons (Fsp3) is 0.346. The van der Waals surface area contributed by atoms with Crippen molar-refractivity contribution in [3.63, 3.8) is 0 Å². The summed E-state index contributed by atoms with van der Waals surface area (Å²) in [6.45, 7) is 32.2. The number of pyridine rings is 8. The summed E-state index contributed by atoms with van der Waals surface area (Å²) < 4.78 is 172. The van der Waals surface area contributed by atoms with E-state index < -0.39 is 102 Å². The maximum absolute atomic E-state index is 13.4. The number of carbonyl (C=O) groups is 4. The van der Waals surface area contributed by atoms with Gasteiger partial charge in [0.2, 0.25) is 0 Å². The first-order valence-corrected chi connectivity index (χ1v) is 53.5. The van der Waals surface area contributed by atoms with Crippen molar-refractivity contribution in [1.29, 1.82) is 0 Å². The molecular weight excluding hydrogens is 1990 g/mol. The van der Waals surface area contributed by atoms with Crippen molar-refractivity contribution < 1.29 is 85.0 Å². The molecule has 5 aliphatic rings. The summed E-state index contributed by atoms with van der Waals surface area (Å²) in [6, 6.07) is 50.8. The first kappa shape index (κ1) is 109. The zero-order valence-corrected chi connectivity index (χ0v) is 87.6. The maximum Gasteiger partial charge on any atom is 0.573 e. The maximum atomic E-state index is 13.4. The molecule has 4 fully saturated rings. The SMILES string of the molecule is CC(C)Oc1cccc(-c2ccc(C(=O)NS(=O)(=O)c3cccnc3N)c(N3C[C@@H](C)CC3(C)C)n2)c1.CC1CN(c2ncccc2C(=O)NS(=O)(=O)c2cccc(Nc3cccc(N(C)C)c3)n2)C(C)(C)C1.C[C@@H]1CN(c2nc(-c3ccc4c(c3)OCCO4)ccc2C(=O)NS(=O)(=O)c2ccc[nH]c2=O)C(C)(C)C1.C[C@@H]1CN(c2nc(-c3ccccc3OC(F)(F)F)ccc2C(=O)NS(=O)(=O)c2ccc[nH]c2=O)C(C)(C)C1. The Morgan fingerprint density at radius 2 is 0.892 bits per heavy atom. The Hall–Kier alpha value is -15.1. The molecule has 0 saturated carbocycles. The zero-order valence-electron chi connectivity index (χ0n) is 84.4. The highest BCUT2D eigenvalue weighted by Gasteiger charge is 2.45. The minimum atomic E-state index is -4.94. The molecule has 782 valence electrons. The average Bonchev–Trinajstić information content (AvgIpc) is 1.56. The van der Waals surface area contributed by atoms with Gasteiger partial charge in [-0.1, -0.05) is 64.1 Å². The predicted octanol–water partition coefficient (Wildman–Crippen LogP) is 15.3. The summed E-state index contributed by atoms with van der Waals surface area (Å²) in [4.78, 5) is 117. The van der Waals surface area contributed by atoms with Gasteiger partial charge in [-0.3, -0.25) is 28.8 Å². The first-order valence-electron chi connectivity index (χ1n) is 47.5. The topological polar surface area (TPSA) is 487 Å². The van der Waals surface area contributed by atoms with Crippen LogP contribution < -0.4 is 84.5 Å². The van der Waals surface area contributed by atoms with Gasteiger partial charge >= 0.3 is 6.36 Å². The highest BCUT2D eigenvalue weighted by atomic mass is 32.2. The van der Waals surface area contributed by atoms with Crippen molar-refractivity contribution in [2.24, 2.45) is 23.7 Å². The minimum absolute atomic E-state index is 0.0209. The number of amides is 4. The van der Waals surface area contributed by atoms with Gasteiger partial charge < -0.3 is 64.5 Å². The lowest BCUT2D eigenvalue weighted by Gasteiger charge is -2.34. The zero-order chi connectivity index (χ0) is 107. The van der Waals surface area contributed by atoms with Gasteiger partial charge in [-0.05, 0) is 276 Å². The number of nitrogens with zero attached hydrogens (tertiary/aromatic N) is 11. The van der Waals surface area contributed by atoms with Crippen molar-refractivity contribution in [3.8, 4) is 56.8 Å². The molecule has 0 bridgehead atoms. The van der Waals surface area contributed by atoms with Gasteiger partial charge in [0.05, 0.1) is 45.4 Å². The van der Waals surface area contributed by atoms with Crippen LogP contribution in [0.2, 0.25) is 0 Å². The summed E-state index contributed by atoms with van der Waals surface area (Å²) in [5.41, 5.74) is 7.78. The largest absolute Gasteiger partial charge is 0.573 e. The van der Waals surface area contributed by atoms with Gasteiger partial charge in [-0.25, -0.2) is 74.0 Å². The van der Waals surface area contributed by atoms with E-state index in [2.05, 4.69) is 122 Å². The lowest BCUT2D eigenvalue weighted by atomic mass is 9.97. The molecule has 9 N–H and O–H groups in total. The molecule has 148 heavy (non-hydrogen) atoms. The number of nitrogens with two attached hydrogens (primary N) is 1. The Balaban J connectivity index is 0.000000156. The van der Waals surface area contributed by atoms with Gasteiger partial charge in [0.25, 0.3) is 74.8 Å². The van der Waals surface area contributed by atoms with Gasteiger partial charge in [0.15, 0.2) is 26.3 Å². The molecular formula is C104H118F3N19O18S4. The number of rotatable bonds is 25. The number of para-hydroxylation sites is 1. The highest BCUT2D eigenvalue weighted by molar-refractivity contribution is 7.91. The minimum Gasteiger partial charge on any atom is -0.491 e. The molecule has 0 aliphatic carbocycles. The smallest absolute Gasteiger partial charge is 0.491 e. The van der Waals surface area contributed by atoms with Gasteiger partial charge in [-0.15, -0.1) is 13.2 Å². The van der Waals surface area contributed by atoms with E-state index in [1.165, 1.54) is 79.3 Å². The second-order valence-corrected chi connectivity index (χ2v) is 46.5. The number of hydrogen-bond donors (Lipinski definition) is 8. The number of alkyl halides is 3. The molecule has 12 aromatic rings. The van der Waals surface area contributed by atoms with E-state index in [9.17, 15) is 75.6 Å². The molecule has 8 aromatic heterocycles. The van der Waals surface area contributed by atoms with Crippen LogP contribution in [0.3, 0.4) is 0 Å². The van der Waals surface area contributed by atoms with Gasteiger partial charge in [-0.2, -0.15) is 8.42 Å². The van der Waals surface area contributed by atoms with Crippen LogP contribution in [0.1, 0.15) is 164 Å². The number of anilines is 8. The molecule has 5 aliphatic heterocycles. The number of benzene rings is 4. The Bertz CT molecular complexity index is 7650. The number of carbonyl (C=O) groups excluding carboxylic acids is 4. The number of fused-ring (bicyclic) bond motifs is 1. The summed E-state index contributed by atoms with van der Waals surface area (Å²) in [5, 5.41) is 2.87. The van der Waals surface area contributed by atoms with Crippen LogP contribution in [0.25, 0.3) is 33.8 Å². The van der Waals surface area contributed by atoms with Crippen molar-refractivity contribution in [2.75, 3.05) is 89.0 Å². The van der Waals surface area contributed by atoms with E-state index in [1.54, 1.807) is 54.7 Å². The molecule has 17 rings (SSSR count). The molecule has 44 heteroatoms. The summed E-state index contributed by atoms with van der Waals surface area (Å²) >= 11 is 0. The number of aromatic amines is 2. The standard InChI is InChI=1S/C27H33N5O4S.C26H32N6O3S.C26H28N4O6S.C25H25F3N4O5S/c1-17(2)36-20-9-6-8-19(14-20)22-12-11-21(25(30-22)32-16-18(3)15-27(32,4)5)26(33)31-37(34,35)23-10-7-13-29-24(23)28;1-18-16-26(2,3)32(17-18)24-21(11-8-14-27-24)25(33)30-36(34,35)23-13-7-12-22(29-23)28-19-9-6-10-20(15-19)31(4)5;1-16-14-26(2,3)30(15-16)23-18(24(31)29-37(33,34)22-5-4-10-27-25(22)32)7-8-19(28-23)17-6-9-20-21(13-17)36-12-11-35-20;1-15-13-24(2,3)32(14-15)21-17(22(33)31-38(35,36)20-9-6-12-29-23(20)34)10-11-18(30-21)16-7-4-5-8-19(16)37-25(26,27)28/h6-14,17-18H,15-16H2,1-5H3,(H2,28,29)(H,31,33);6-15,18H,16-17H2,1-5H3,(H,28,29)(H,30,33);4-10,13,16H,11-12,14-15H2,1-3H3,(H,27,32)(H,29,31);4-12,15H,13-14H2,1-3H3,(H,29,34)(H,31,33)/t18-;;16-;15-/m0.00/s1. The number of H-pyrrole nitrogens is 2. The molecule has 4 amide bonds. The summed E-state index contributed by atoms with van der Waals surface area (Å²) in [5.74, 6) is 0.930. The number of sulfonamides is 4. The second-order valence-electron chi connectivity index (χ2n) is 39.9. The number of aromatic nitrogens is 8. The third kappa shape index (κ3) is 25.6. The fourth-order valence-electron chi connectivity index (χ4n) is 19.1. The third-order valence-corrected chi connectivity index (χ3v) is 30.5. The number of ether oxygens (including phenoxy) is 4. The van der Waals surface area contributed by atoms with Crippen LogP contribution in [-0.2, 0) is 40.1 Å². The quantitative estimate of drug-likeness (QED) is 0.0263. The van der Waals surface area contributed by atoms with Crippen LogP contribution in [-0.4, -0.2) is 185 Å². The van der Waals surface area contributed by atoms with E-state index in [-0.39, 0.29) is 83.7 Å². The van der Waals surface area contributed by atoms with Crippen molar-refractivity contribution in [1.82, 2.24) is 58.8 Å². The fourth-order valence-corrected chi connectivity index (χ4v) is 23.2. The molecule has 13 heterocycles. The lowest BCUT2D eigenvalue weighted by Crippen LogP contribution is -2.41. The van der Waals surface area contributed by atoms with Crippen molar-refractivity contribution in [3.05, 3.63) is 262 Å².